The zero-order valence-corrected chi connectivity index (χ0v) is 11.9. The molecule has 0 radical (unpaired) electrons. The third-order valence-corrected chi connectivity index (χ3v) is 3.63. The maximum atomic E-state index is 9.30. The van der Waals surface area contributed by atoms with Gasteiger partial charge >= 0.3 is 0 Å². The maximum Gasteiger partial charge on any atom is 0.129 e. The number of nitrogens with zero attached hydrogens (tertiary/aromatic N) is 1. The summed E-state index contributed by atoms with van der Waals surface area (Å²) in [6, 6.07) is 6.42. The van der Waals surface area contributed by atoms with Gasteiger partial charge < -0.3 is 5.11 Å². The number of rotatable bonds is 2. The van der Waals surface area contributed by atoms with Crippen molar-refractivity contribution in [2.45, 2.75) is 6.61 Å². The molecule has 0 aliphatic rings. The molecule has 18 heavy (non-hydrogen) atoms. The van der Waals surface area contributed by atoms with Gasteiger partial charge in [-0.05, 0) is 18.2 Å². The number of aliphatic hydroxyl groups is 1. The SMILES string of the molecule is OCc1ccc(Cl)nc1-c1cc(Cl)c(Cl)cc1Cl. The molecule has 1 aromatic carbocycles. The van der Waals surface area contributed by atoms with E-state index in [9.17, 15) is 5.11 Å². The van der Waals surface area contributed by atoms with Gasteiger partial charge in [0.2, 0.25) is 0 Å². The lowest BCUT2D eigenvalue weighted by molar-refractivity contribution is 0.282. The first-order valence-electron chi connectivity index (χ1n) is 4.94. The standard InChI is InChI=1S/C12H7Cl4NO/c13-8-4-10(15)9(14)3-7(8)12-6(5-18)1-2-11(16)17-12/h1-4,18H,5H2. The van der Waals surface area contributed by atoms with Crippen LogP contribution in [0.15, 0.2) is 24.3 Å². The van der Waals surface area contributed by atoms with Crippen LogP contribution in [0.2, 0.25) is 20.2 Å². The quantitative estimate of drug-likeness (QED) is 0.633. The van der Waals surface area contributed by atoms with Crippen molar-refractivity contribution >= 4 is 46.4 Å². The average Bonchev–Trinajstić information content (AvgIpc) is 2.34. The van der Waals surface area contributed by atoms with E-state index in [1.807, 2.05) is 0 Å². The smallest absolute Gasteiger partial charge is 0.129 e. The molecule has 0 bridgehead atoms. The van der Waals surface area contributed by atoms with Gasteiger partial charge in [0.05, 0.1) is 27.4 Å². The lowest BCUT2D eigenvalue weighted by atomic mass is 10.1. The van der Waals surface area contributed by atoms with E-state index in [0.29, 0.717) is 37.0 Å². The minimum Gasteiger partial charge on any atom is -0.392 e. The Kier molecular flexibility index (Phi) is 4.36. The van der Waals surface area contributed by atoms with E-state index in [0.717, 1.165) is 0 Å². The van der Waals surface area contributed by atoms with Crippen LogP contribution in [0.25, 0.3) is 11.3 Å². The highest BCUT2D eigenvalue weighted by molar-refractivity contribution is 6.44. The van der Waals surface area contributed by atoms with Gasteiger partial charge in [-0.2, -0.15) is 0 Å². The molecule has 2 nitrogen and oxygen atoms in total. The third-order valence-electron chi connectivity index (χ3n) is 2.38. The maximum absolute atomic E-state index is 9.30. The summed E-state index contributed by atoms with van der Waals surface area (Å²) in [6.45, 7) is -0.171. The molecule has 0 unspecified atom stereocenters. The van der Waals surface area contributed by atoms with Gasteiger partial charge in [-0.1, -0.05) is 52.5 Å². The Morgan fingerprint density at radius 1 is 0.944 bits per heavy atom. The predicted octanol–water partition coefficient (Wildman–Crippen LogP) is 4.85. The predicted molar refractivity (Wildman–Crippen MR) is 75.6 cm³/mol. The number of hydrogen-bond acceptors (Lipinski definition) is 2. The molecule has 2 rings (SSSR count). The molecule has 0 saturated carbocycles. The van der Waals surface area contributed by atoms with Crippen molar-refractivity contribution in [3.8, 4) is 11.3 Å². The van der Waals surface area contributed by atoms with E-state index in [2.05, 4.69) is 4.98 Å². The van der Waals surface area contributed by atoms with Gasteiger partial charge in [-0.15, -0.1) is 0 Å². The molecule has 0 fully saturated rings. The largest absolute Gasteiger partial charge is 0.392 e. The van der Waals surface area contributed by atoms with E-state index in [4.69, 9.17) is 46.4 Å². The van der Waals surface area contributed by atoms with Crippen molar-refractivity contribution in [1.29, 1.82) is 0 Å². The second kappa shape index (κ2) is 5.64. The average molecular weight is 323 g/mol. The highest BCUT2D eigenvalue weighted by Crippen LogP contribution is 2.36. The Balaban J connectivity index is 2.68. The molecule has 0 aliphatic heterocycles. The molecule has 0 aliphatic carbocycles. The third kappa shape index (κ3) is 2.73. The van der Waals surface area contributed by atoms with Crippen LogP contribution in [0.4, 0.5) is 0 Å². The molecule has 0 saturated heterocycles. The summed E-state index contributed by atoms with van der Waals surface area (Å²) in [5.41, 5.74) is 1.69. The minimum absolute atomic E-state index is 0.171. The number of aromatic nitrogens is 1. The summed E-state index contributed by atoms with van der Waals surface area (Å²) in [5, 5.41) is 10.7. The summed E-state index contributed by atoms with van der Waals surface area (Å²) in [6.07, 6.45) is 0. The number of hydrogen-bond donors (Lipinski definition) is 1. The van der Waals surface area contributed by atoms with Gasteiger partial charge in [0.1, 0.15) is 5.15 Å². The van der Waals surface area contributed by atoms with Crippen molar-refractivity contribution in [3.63, 3.8) is 0 Å². The van der Waals surface area contributed by atoms with Crippen LogP contribution in [0.3, 0.4) is 0 Å². The van der Waals surface area contributed by atoms with Crippen molar-refractivity contribution in [2.24, 2.45) is 0 Å². The molecule has 1 heterocycles. The van der Waals surface area contributed by atoms with Crippen LogP contribution in [-0.4, -0.2) is 10.1 Å². The van der Waals surface area contributed by atoms with Gasteiger partial charge in [-0.3, -0.25) is 0 Å². The Morgan fingerprint density at radius 3 is 2.28 bits per heavy atom. The molecule has 0 spiro atoms. The summed E-state index contributed by atoms with van der Waals surface area (Å²) < 4.78 is 0. The fourth-order valence-electron chi connectivity index (χ4n) is 1.53. The summed E-state index contributed by atoms with van der Waals surface area (Å²) in [7, 11) is 0. The van der Waals surface area contributed by atoms with E-state index in [1.54, 1.807) is 18.2 Å². The lowest BCUT2D eigenvalue weighted by Gasteiger charge is -2.10. The zero-order chi connectivity index (χ0) is 13.3. The van der Waals surface area contributed by atoms with E-state index >= 15 is 0 Å². The summed E-state index contributed by atoms with van der Waals surface area (Å²) in [5.74, 6) is 0. The minimum atomic E-state index is -0.171. The first-order chi connectivity index (χ1) is 8.52. The second-order valence-corrected chi connectivity index (χ2v) is 5.15. The summed E-state index contributed by atoms with van der Waals surface area (Å²) >= 11 is 23.8. The topological polar surface area (TPSA) is 33.1 Å². The molecule has 0 atom stereocenters. The van der Waals surface area contributed by atoms with Crippen LogP contribution in [0.5, 0.6) is 0 Å². The Bertz CT molecular complexity index is 601. The van der Waals surface area contributed by atoms with Crippen molar-refractivity contribution in [3.05, 3.63) is 50.0 Å². The first-order valence-corrected chi connectivity index (χ1v) is 6.45. The first kappa shape index (κ1) is 13.9. The van der Waals surface area contributed by atoms with Crippen LogP contribution >= 0.6 is 46.4 Å². The fraction of sp³-hybridized carbons (Fsp3) is 0.0833. The van der Waals surface area contributed by atoms with Gasteiger partial charge in [0, 0.05) is 11.1 Å². The molecule has 1 N–H and O–H groups in total. The Morgan fingerprint density at radius 2 is 1.61 bits per heavy atom. The Hall–Kier alpha value is -0.510. The lowest BCUT2D eigenvalue weighted by Crippen LogP contribution is -1.94. The highest BCUT2D eigenvalue weighted by atomic mass is 35.5. The Labute approximate surface area is 124 Å². The molecule has 1 aromatic heterocycles. The van der Waals surface area contributed by atoms with Crippen LogP contribution in [0, 0.1) is 0 Å². The van der Waals surface area contributed by atoms with Gasteiger partial charge in [0.25, 0.3) is 0 Å². The molecule has 94 valence electrons. The van der Waals surface area contributed by atoms with E-state index < -0.39 is 0 Å². The molecular formula is C12H7Cl4NO. The molecule has 2 aromatic rings. The van der Waals surface area contributed by atoms with Crippen molar-refractivity contribution in [2.75, 3.05) is 0 Å². The number of pyridine rings is 1. The monoisotopic (exact) mass is 321 g/mol. The van der Waals surface area contributed by atoms with Crippen LogP contribution in [0.1, 0.15) is 5.56 Å². The van der Waals surface area contributed by atoms with E-state index in [1.165, 1.54) is 6.07 Å². The number of benzene rings is 1. The van der Waals surface area contributed by atoms with Crippen LogP contribution < -0.4 is 0 Å². The fourth-order valence-corrected chi connectivity index (χ4v) is 2.31. The summed E-state index contributed by atoms with van der Waals surface area (Å²) in [4.78, 5) is 4.17. The second-order valence-electron chi connectivity index (χ2n) is 3.55. The normalized spacial score (nSPS) is 10.7. The van der Waals surface area contributed by atoms with E-state index in [-0.39, 0.29) is 6.61 Å². The molecular weight excluding hydrogens is 316 g/mol. The van der Waals surface area contributed by atoms with Crippen molar-refractivity contribution in [1.82, 2.24) is 4.98 Å². The molecule has 6 heteroatoms. The number of aliphatic hydroxyl groups excluding tert-OH is 1. The number of halogens is 4. The van der Waals surface area contributed by atoms with Gasteiger partial charge in [0.15, 0.2) is 0 Å². The highest BCUT2D eigenvalue weighted by Gasteiger charge is 2.13. The van der Waals surface area contributed by atoms with Crippen molar-refractivity contribution < 1.29 is 5.11 Å². The zero-order valence-electron chi connectivity index (χ0n) is 8.92. The van der Waals surface area contributed by atoms with Gasteiger partial charge in [-0.25, -0.2) is 4.98 Å². The van der Waals surface area contributed by atoms with Crippen LogP contribution in [-0.2, 0) is 6.61 Å². The molecule has 0 amide bonds.